The summed E-state index contributed by atoms with van der Waals surface area (Å²) in [5, 5.41) is 3.13. The van der Waals surface area contributed by atoms with Crippen LogP contribution < -0.4 is 14.8 Å². The number of hydrogen-bond donors (Lipinski definition) is 5. The summed E-state index contributed by atoms with van der Waals surface area (Å²) in [7, 11) is 0. The predicted octanol–water partition coefficient (Wildman–Crippen LogP) is 7.62. The van der Waals surface area contributed by atoms with Gasteiger partial charge in [0.25, 0.3) is 0 Å². The van der Waals surface area contributed by atoms with Gasteiger partial charge in [0.1, 0.15) is 13.2 Å². The highest BCUT2D eigenvalue weighted by molar-refractivity contribution is 5.93. The van der Waals surface area contributed by atoms with E-state index in [1.165, 1.54) is 0 Å². The highest BCUT2D eigenvalue weighted by atomic mass is 16.6. The van der Waals surface area contributed by atoms with Crippen molar-refractivity contribution in [2.45, 2.75) is 83.5 Å². The average molecular weight is 752 g/mol. The molecule has 5 N–H and O–H groups in total. The van der Waals surface area contributed by atoms with Gasteiger partial charge in [-0.3, -0.25) is 4.79 Å². The third kappa shape index (κ3) is 7.75. The van der Waals surface area contributed by atoms with Crippen molar-refractivity contribution in [1.82, 2.24) is 19.9 Å². The van der Waals surface area contributed by atoms with Crippen LogP contribution in [0.25, 0.3) is 0 Å². The number of aromatic nitrogens is 4. The molecule has 1 amide bonds. The summed E-state index contributed by atoms with van der Waals surface area (Å²) in [5.74, 6) is 0.963. The first-order valence-electron chi connectivity index (χ1n) is 19.4. The molecule has 8 bridgehead atoms. The SMILES string of the molecule is CC1(C)c2ccc([nH]2)C(C)(C)c2ccc([nH]2)C(C)(C)c2[nH]c(cc2CC(=O)Nc2ccc3c(c2)OCCOCCOCCOCCO3)C(C)(C)c2ccc1[nH]2. The second-order valence-electron chi connectivity index (χ2n) is 16.9. The first-order valence-corrected chi connectivity index (χ1v) is 19.4. The molecule has 0 spiro atoms. The monoisotopic (exact) mass is 751 g/mol. The molecule has 1 aromatic carbocycles. The summed E-state index contributed by atoms with van der Waals surface area (Å²) >= 11 is 0. The fourth-order valence-corrected chi connectivity index (χ4v) is 7.63. The van der Waals surface area contributed by atoms with Gasteiger partial charge >= 0.3 is 0 Å². The Morgan fingerprint density at radius 3 is 1.42 bits per heavy atom. The molecule has 0 saturated carbocycles. The van der Waals surface area contributed by atoms with Crippen LogP contribution in [0.2, 0.25) is 0 Å². The number of nitrogens with one attached hydrogen (secondary N) is 5. The summed E-state index contributed by atoms with van der Waals surface area (Å²) in [5.41, 5.74) is 8.74. The highest BCUT2D eigenvalue weighted by Gasteiger charge is 2.38. The van der Waals surface area contributed by atoms with Gasteiger partial charge in [0, 0.05) is 79.0 Å². The van der Waals surface area contributed by atoms with E-state index in [0.717, 1.165) is 51.1 Å². The molecule has 4 aromatic heterocycles. The molecule has 0 unspecified atom stereocenters. The zero-order chi connectivity index (χ0) is 39.0. The molecule has 294 valence electrons. The number of H-pyrrole nitrogens is 4. The Bertz CT molecular complexity index is 2110. The Hall–Kier alpha value is -4.71. The number of carbonyl (C=O) groups is 1. The van der Waals surface area contributed by atoms with Crippen molar-refractivity contribution in [3.8, 4) is 11.5 Å². The first-order chi connectivity index (χ1) is 26.2. The number of anilines is 1. The Labute approximate surface area is 324 Å². The van der Waals surface area contributed by atoms with Crippen molar-refractivity contribution in [2.24, 2.45) is 0 Å². The molecule has 0 aliphatic carbocycles. The van der Waals surface area contributed by atoms with Gasteiger partial charge in [-0.05, 0) is 116 Å². The van der Waals surface area contributed by atoms with Gasteiger partial charge in [-0.2, -0.15) is 0 Å². The molecule has 7 rings (SSSR count). The van der Waals surface area contributed by atoms with E-state index < -0.39 is 10.8 Å². The Balaban J connectivity index is 1.21. The zero-order valence-corrected chi connectivity index (χ0v) is 33.6. The number of hydrogen-bond acceptors (Lipinski definition) is 6. The van der Waals surface area contributed by atoms with E-state index in [-0.39, 0.29) is 23.2 Å². The van der Waals surface area contributed by atoms with Crippen molar-refractivity contribution >= 4 is 11.6 Å². The number of amides is 1. The van der Waals surface area contributed by atoms with E-state index >= 15 is 0 Å². The number of ether oxygens (including phenoxy) is 5. The van der Waals surface area contributed by atoms with Crippen molar-refractivity contribution in [3.05, 3.63) is 112 Å². The predicted molar refractivity (Wildman–Crippen MR) is 214 cm³/mol. The lowest BCUT2D eigenvalue weighted by atomic mass is 9.83. The number of fused-ring (bicyclic) bond motifs is 9. The molecule has 55 heavy (non-hydrogen) atoms. The summed E-state index contributed by atoms with van der Waals surface area (Å²) in [6.07, 6.45) is 0.167. The molecule has 11 nitrogen and oxygen atoms in total. The third-order valence-electron chi connectivity index (χ3n) is 11.6. The van der Waals surface area contributed by atoms with E-state index in [4.69, 9.17) is 23.7 Å². The molecule has 0 fully saturated rings. The van der Waals surface area contributed by atoms with Crippen LogP contribution in [0.15, 0.2) is 60.7 Å². The Morgan fingerprint density at radius 1 is 0.509 bits per heavy atom. The van der Waals surface area contributed by atoms with Gasteiger partial charge in [0.15, 0.2) is 11.5 Å². The van der Waals surface area contributed by atoms with Crippen LogP contribution in [0.1, 0.15) is 107 Å². The van der Waals surface area contributed by atoms with Crippen LogP contribution in [0.3, 0.4) is 0 Å². The second-order valence-corrected chi connectivity index (χ2v) is 16.9. The highest BCUT2D eigenvalue weighted by Crippen LogP contribution is 2.42. The van der Waals surface area contributed by atoms with Crippen molar-refractivity contribution in [1.29, 1.82) is 0 Å². The molecule has 0 atom stereocenters. The number of carbonyl (C=O) groups excluding carboxylic acids is 1. The maximum absolute atomic E-state index is 14.0. The maximum Gasteiger partial charge on any atom is 0.228 e. The largest absolute Gasteiger partial charge is 0.487 e. The number of aromatic amines is 4. The van der Waals surface area contributed by atoms with Crippen LogP contribution >= 0.6 is 0 Å². The van der Waals surface area contributed by atoms with Crippen LogP contribution in [0, 0.1) is 0 Å². The van der Waals surface area contributed by atoms with Crippen molar-refractivity contribution in [3.63, 3.8) is 0 Å². The van der Waals surface area contributed by atoms with Crippen LogP contribution in [-0.4, -0.2) is 78.7 Å². The van der Waals surface area contributed by atoms with E-state index in [1.807, 2.05) is 12.1 Å². The van der Waals surface area contributed by atoms with Gasteiger partial charge in [-0.15, -0.1) is 0 Å². The minimum Gasteiger partial charge on any atom is -0.487 e. The summed E-state index contributed by atoms with van der Waals surface area (Å²) < 4.78 is 28.8. The molecule has 5 aromatic rings. The van der Waals surface area contributed by atoms with Crippen LogP contribution in [0.5, 0.6) is 11.5 Å². The lowest BCUT2D eigenvalue weighted by Gasteiger charge is -2.28. The Morgan fingerprint density at radius 2 is 0.927 bits per heavy atom. The Kier molecular flexibility index (Phi) is 10.6. The third-order valence-corrected chi connectivity index (χ3v) is 11.6. The second kappa shape index (κ2) is 15.1. The van der Waals surface area contributed by atoms with Gasteiger partial charge in [0.05, 0.1) is 46.1 Å². The fraction of sp³-hybridized carbons (Fsp3) is 0.477. The molecular formula is C44H57N5O6. The molecule has 0 saturated heterocycles. The smallest absolute Gasteiger partial charge is 0.228 e. The summed E-state index contributed by atoms with van der Waals surface area (Å²) in [6.45, 7) is 21.3. The van der Waals surface area contributed by atoms with E-state index in [2.05, 4.69) is 123 Å². The lowest BCUT2D eigenvalue weighted by Crippen LogP contribution is -2.27. The van der Waals surface area contributed by atoms with Crippen LogP contribution in [-0.2, 0) is 47.1 Å². The standard InChI is InChI=1S/C44H57N5O6/c1-41(2)32-11-12-33(46-32)42(3,4)35-15-16-37(48-35)44(7,8)40-28(25-38(49-40)43(5,6)36-14-13-34(41)47-36)26-39(50)45-29-9-10-30-31(27-29)55-24-22-53-20-18-51-17-19-52-21-23-54-30/h9-16,25,27,46-49H,17-24,26H2,1-8H3,(H,45,50). The first kappa shape index (κ1) is 38.6. The topological polar surface area (TPSA) is 138 Å². The molecule has 2 aliphatic heterocycles. The maximum atomic E-state index is 14.0. The normalized spacial score (nSPS) is 19.5. The molecule has 2 aliphatic rings. The number of rotatable bonds is 3. The lowest BCUT2D eigenvalue weighted by molar-refractivity contribution is -0.115. The minimum absolute atomic E-state index is 0.138. The number of benzene rings is 1. The zero-order valence-electron chi connectivity index (χ0n) is 33.6. The van der Waals surface area contributed by atoms with Crippen LogP contribution in [0.4, 0.5) is 5.69 Å². The summed E-state index contributed by atoms with van der Waals surface area (Å²) in [4.78, 5) is 29.2. The van der Waals surface area contributed by atoms with Gasteiger partial charge < -0.3 is 48.9 Å². The quantitative estimate of drug-likeness (QED) is 0.129. The van der Waals surface area contributed by atoms with Crippen molar-refractivity contribution in [2.75, 3.05) is 58.2 Å². The molecule has 6 heterocycles. The molecular weight excluding hydrogens is 695 g/mol. The van der Waals surface area contributed by atoms with Gasteiger partial charge in [0.2, 0.25) is 5.91 Å². The molecule has 11 heteroatoms. The van der Waals surface area contributed by atoms with E-state index in [1.54, 1.807) is 6.07 Å². The van der Waals surface area contributed by atoms with E-state index in [0.29, 0.717) is 70.0 Å². The molecule has 0 radical (unpaired) electrons. The van der Waals surface area contributed by atoms with Gasteiger partial charge in [-0.25, -0.2) is 0 Å². The summed E-state index contributed by atoms with van der Waals surface area (Å²) in [6, 6.07) is 20.8. The minimum atomic E-state index is -0.490. The van der Waals surface area contributed by atoms with E-state index in [9.17, 15) is 4.79 Å². The fourth-order valence-electron chi connectivity index (χ4n) is 7.63. The average Bonchev–Trinajstić information content (AvgIpc) is 3.97. The van der Waals surface area contributed by atoms with Crippen molar-refractivity contribution < 1.29 is 28.5 Å². The van der Waals surface area contributed by atoms with Gasteiger partial charge in [-0.1, -0.05) is 0 Å².